The molecule has 1 saturated heterocycles. The molecule has 8 heteroatoms. The molecule has 1 unspecified atom stereocenters. The largest absolute Gasteiger partial charge is 0.376 e. The average Bonchev–Trinajstić information content (AvgIpc) is 3.39. The molecule has 0 bridgehead atoms. The molecule has 0 spiro atoms. The van der Waals surface area contributed by atoms with Gasteiger partial charge in [-0.2, -0.15) is 0 Å². The van der Waals surface area contributed by atoms with Crippen molar-refractivity contribution in [3.63, 3.8) is 0 Å². The number of ether oxygens (including phenoxy) is 1. The van der Waals surface area contributed by atoms with E-state index in [0.717, 1.165) is 56.3 Å². The predicted molar refractivity (Wildman–Crippen MR) is 125 cm³/mol. The summed E-state index contributed by atoms with van der Waals surface area (Å²) in [6.07, 6.45) is 3.27. The van der Waals surface area contributed by atoms with Gasteiger partial charge in [0.25, 0.3) is 0 Å². The van der Waals surface area contributed by atoms with Gasteiger partial charge in [0.15, 0.2) is 5.13 Å². The first-order valence-electron chi connectivity index (χ1n) is 9.95. The SMILES string of the molecule is O=C(CCCSc1ccc(F)cc1)N(CC1CCCO1)c1nc2ccc(Br)cc2s1. The van der Waals surface area contributed by atoms with E-state index < -0.39 is 0 Å². The molecule has 2 heterocycles. The highest BCUT2D eigenvalue weighted by atomic mass is 79.9. The Labute approximate surface area is 191 Å². The van der Waals surface area contributed by atoms with Gasteiger partial charge >= 0.3 is 0 Å². The number of aromatic nitrogens is 1. The maximum absolute atomic E-state index is 13.1. The molecular formula is C22H22BrFN2O2S2. The number of amides is 1. The van der Waals surface area contributed by atoms with Gasteiger partial charge in [-0.3, -0.25) is 9.69 Å². The van der Waals surface area contributed by atoms with E-state index in [-0.39, 0.29) is 17.8 Å². The van der Waals surface area contributed by atoms with Crippen LogP contribution in [0.2, 0.25) is 0 Å². The molecular weight excluding hydrogens is 487 g/mol. The van der Waals surface area contributed by atoms with Crippen molar-refractivity contribution in [2.45, 2.75) is 36.7 Å². The standard InChI is InChI=1S/C22H22BrFN2O2S2/c23-15-5-10-19-20(13-15)30-22(25-19)26(14-17-3-1-11-28-17)21(27)4-2-12-29-18-8-6-16(24)7-9-18/h5-10,13,17H,1-4,11-12,14H2. The molecule has 0 N–H and O–H groups in total. The van der Waals surface area contributed by atoms with E-state index in [9.17, 15) is 9.18 Å². The third-order valence-electron chi connectivity index (χ3n) is 4.90. The summed E-state index contributed by atoms with van der Waals surface area (Å²) in [5, 5.41) is 0.731. The number of hydrogen-bond acceptors (Lipinski definition) is 5. The number of halogens is 2. The molecule has 1 aliphatic heterocycles. The van der Waals surface area contributed by atoms with E-state index in [2.05, 4.69) is 15.9 Å². The third kappa shape index (κ3) is 5.60. The van der Waals surface area contributed by atoms with Crippen molar-refractivity contribution >= 4 is 60.3 Å². The topological polar surface area (TPSA) is 42.4 Å². The minimum atomic E-state index is -0.234. The van der Waals surface area contributed by atoms with E-state index >= 15 is 0 Å². The quantitative estimate of drug-likeness (QED) is 0.265. The minimum absolute atomic E-state index is 0.0706. The van der Waals surface area contributed by atoms with E-state index in [1.54, 1.807) is 28.8 Å². The molecule has 1 fully saturated rings. The zero-order valence-electron chi connectivity index (χ0n) is 16.4. The number of fused-ring (bicyclic) bond motifs is 1. The lowest BCUT2D eigenvalue weighted by atomic mass is 10.2. The van der Waals surface area contributed by atoms with Gasteiger partial charge in [-0.1, -0.05) is 27.3 Å². The third-order valence-corrected chi connectivity index (χ3v) is 7.53. The molecule has 0 saturated carbocycles. The number of rotatable bonds is 8. The highest BCUT2D eigenvalue weighted by Gasteiger charge is 2.26. The number of hydrogen-bond donors (Lipinski definition) is 0. The highest BCUT2D eigenvalue weighted by molar-refractivity contribution is 9.10. The zero-order valence-corrected chi connectivity index (χ0v) is 19.6. The Balaban J connectivity index is 1.41. The molecule has 2 aromatic carbocycles. The van der Waals surface area contributed by atoms with E-state index in [0.29, 0.717) is 13.0 Å². The fraction of sp³-hybridized carbons (Fsp3) is 0.364. The molecule has 158 valence electrons. The van der Waals surface area contributed by atoms with Crippen molar-refractivity contribution in [3.05, 3.63) is 52.8 Å². The summed E-state index contributed by atoms with van der Waals surface area (Å²) >= 11 is 6.67. The van der Waals surface area contributed by atoms with Crippen LogP contribution in [-0.4, -0.2) is 35.9 Å². The van der Waals surface area contributed by atoms with Gasteiger partial charge in [0, 0.05) is 22.4 Å². The van der Waals surface area contributed by atoms with Crippen LogP contribution < -0.4 is 4.90 Å². The molecule has 4 nitrogen and oxygen atoms in total. The Hall–Kier alpha value is -1.48. The van der Waals surface area contributed by atoms with E-state index in [1.165, 1.54) is 23.5 Å². The fourth-order valence-corrected chi connectivity index (χ4v) is 5.76. The number of benzene rings is 2. The number of thioether (sulfide) groups is 1. The molecule has 0 radical (unpaired) electrons. The number of carbonyl (C=O) groups is 1. The lowest BCUT2D eigenvalue weighted by Crippen LogP contribution is -2.37. The number of anilines is 1. The molecule has 30 heavy (non-hydrogen) atoms. The second kappa shape index (κ2) is 10.2. The molecule has 0 aliphatic carbocycles. The van der Waals surface area contributed by atoms with Crippen LogP contribution in [0.15, 0.2) is 51.8 Å². The summed E-state index contributed by atoms with van der Waals surface area (Å²) in [5.74, 6) is 0.642. The zero-order chi connectivity index (χ0) is 20.9. The Morgan fingerprint density at radius 3 is 2.90 bits per heavy atom. The van der Waals surface area contributed by atoms with Gasteiger partial charge in [-0.25, -0.2) is 9.37 Å². The van der Waals surface area contributed by atoms with Crippen molar-refractivity contribution in [3.8, 4) is 0 Å². The van der Waals surface area contributed by atoms with Crippen LogP contribution in [0, 0.1) is 5.82 Å². The van der Waals surface area contributed by atoms with Crippen LogP contribution in [0.5, 0.6) is 0 Å². The first kappa shape index (κ1) is 21.7. The van der Waals surface area contributed by atoms with Crippen LogP contribution in [0.3, 0.4) is 0 Å². The van der Waals surface area contributed by atoms with Crippen LogP contribution in [-0.2, 0) is 9.53 Å². The van der Waals surface area contributed by atoms with Crippen LogP contribution in [0.1, 0.15) is 25.7 Å². The van der Waals surface area contributed by atoms with Crippen molar-refractivity contribution < 1.29 is 13.9 Å². The van der Waals surface area contributed by atoms with Crippen molar-refractivity contribution in [1.82, 2.24) is 4.98 Å². The lowest BCUT2D eigenvalue weighted by Gasteiger charge is -2.23. The summed E-state index contributed by atoms with van der Waals surface area (Å²) in [6, 6.07) is 12.4. The lowest BCUT2D eigenvalue weighted by molar-refractivity contribution is -0.119. The smallest absolute Gasteiger partial charge is 0.228 e. The summed E-state index contributed by atoms with van der Waals surface area (Å²) in [4.78, 5) is 20.6. The molecule has 4 rings (SSSR count). The van der Waals surface area contributed by atoms with Gasteiger partial charge in [0.05, 0.1) is 22.9 Å². The van der Waals surface area contributed by atoms with Crippen LogP contribution in [0.4, 0.5) is 9.52 Å². The summed E-state index contributed by atoms with van der Waals surface area (Å²) in [5.41, 5.74) is 0.898. The van der Waals surface area contributed by atoms with Gasteiger partial charge in [-0.05, 0) is 67.5 Å². The average molecular weight is 509 g/mol. The molecule has 3 aromatic rings. The molecule has 1 aliphatic rings. The summed E-state index contributed by atoms with van der Waals surface area (Å²) in [6.45, 7) is 1.30. The Morgan fingerprint density at radius 2 is 2.13 bits per heavy atom. The minimum Gasteiger partial charge on any atom is -0.376 e. The second-order valence-electron chi connectivity index (χ2n) is 7.15. The number of thiazole rings is 1. The Kier molecular flexibility index (Phi) is 7.41. The van der Waals surface area contributed by atoms with E-state index in [1.807, 2.05) is 18.2 Å². The van der Waals surface area contributed by atoms with Crippen molar-refractivity contribution in [2.24, 2.45) is 0 Å². The van der Waals surface area contributed by atoms with Crippen LogP contribution >= 0.6 is 39.0 Å². The van der Waals surface area contributed by atoms with Gasteiger partial charge in [0.2, 0.25) is 5.91 Å². The maximum atomic E-state index is 13.1. The highest BCUT2D eigenvalue weighted by Crippen LogP contribution is 2.32. The normalized spacial score (nSPS) is 16.3. The van der Waals surface area contributed by atoms with Crippen LogP contribution in [0.25, 0.3) is 10.2 Å². The van der Waals surface area contributed by atoms with Crippen molar-refractivity contribution in [2.75, 3.05) is 23.8 Å². The first-order chi connectivity index (χ1) is 14.6. The Morgan fingerprint density at radius 1 is 1.30 bits per heavy atom. The first-order valence-corrected chi connectivity index (χ1v) is 12.5. The Bertz CT molecular complexity index is 1010. The van der Waals surface area contributed by atoms with Gasteiger partial charge < -0.3 is 4.74 Å². The maximum Gasteiger partial charge on any atom is 0.228 e. The number of nitrogens with zero attached hydrogens (tertiary/aromatic N) is 2. The van der Waals surface area contributed by atoms with Gasteiger partial charge in [0.1, 0.15) is 5.82 Å². The fourth-order valence-electron chi connectivity index (χ4n) is 3.36. The summed E-state index contributed by atoms with van der Waals surface area (Å²) in [7, 11) is 0. The van der Waals surface area contributed by atoms with Gasteiger partial charge in [-0.15, -0.1) is 11.8 Å². The predicted octanol–water partition coefficient (Wildman–Crippen LogP) is 6.28. The van der Waals surface area contributed by atoms with Crippen molar-refractivity contribution in [1.29, 1.82) is 0 Å². The monoisotopic (exact) mass is 508 g/mol. The number of carbonyl (C=O) groups excluding carboxylic acids is 1. The molecule has 1 atom stereocenters. The molecule has 1 aromatic heterocycles. The molecule has 1 amide bonds. The van der Waals surface area contributed by atoms with E-state index in [4.69, 9.17) is 9.72 Å². The second-order valence-corrected chi connectivity index (χ2v) is 10.2. The summed E-state index contributed by atoms with van der Waals surface area (Å²) < 4.78 is 20.9.